The zero-order chi connectivity index (χ0) is 22.8. The van der Waals surface area contributed by atoms with Crippen LogP contribution in [-0.4, -0.2) is 21.6 Å². The van der Waals surface area contributed by atoms with E-state index in [1.54, 1.807) is 13.3 Å². The summed E-state index contributed by atoms with van der Waals surface area (Å²) >= 11 is 12.4. The van der Waals surface area contributed by atoms with Gasteiger partial charge in [0.2, 0.25) is 0 Å². The number of pyridine rings is 1. The average Bonchev–Trinajstić information content (AvgIpc) is 3.26. The SMILES string of the molecule is COc1ccc(-n2c(-c3ccccn3)nc(-c3ccc(Cl)cc3)c2-c2ccc(Cl)cc2)cc1. The largest absolute Gasteiger partial charge is 0.497 e. The Kier molecular flexibility index (Phi) is 5.86. The lowest BCUT2D eigenvalue weighted by Crippen LogP contribution is -2.01. The quantitative estimate of drug-likeness (QED) is 0.265. The number of rotatable bonds is 5. The van der Waals surface area contributed by atoms with Crippen molar-refractivity contribution in [1.82, 2.24) is 14.5 Å². The summed E-state index contributed by atoms with van der Waals surface area (Å²) in [5.41, 5.74) is 5.40. The number of nitrogens with zero attached hydrogens (tertiary/aromatic N) is 3. The van der Waals surface area contributed by atoms with E-state index in [1.807, 2.05) is 91.0 Å². The molecule has 0 aliphatic carbocycles. The Morgan fingerprint density at radius 2 is 1.36 bits per heavy atom. The summed E-state index contributed by atoms with van der Waals surface area (Å²) in [5.74, 6) is 1.51. The second-order valence-electron chi connectivity index (χ2n) is 7.39. The van der Waals surface area contributed by atoms with E-state index in [2.05, 4.69) is 9.55 Å². The monoisotopic (exact) mass is 471 g/mol. The third kappa shape index (κ3) is 4.23. The Hall–Kier alpha value is -3.60. The van der Waals surface area contributed by atoms with Crippen molar-refractivity contribution in [2.45, 2.75) is 0 Å². The van der Waals surface area contributed by atoms with Gasteiger partial charge in [0.1, 0.15) is 11.4 Å². The van der Waals surface area contributed by atoms with Crippen LogP contribution in [0.2, 0.25) is 10.0 Å². The average molecular weight is 472 g/mol. The van der Waals surface area contributed by atoms with Gasteiger partial charge in [-0.2, -0.15) is 0 Å². The topological polar surface area (TPSA) is 39.9 Å². The van der Waals surface area contributed by atoms with Gasteiger partial charge in [-0.15, -0.1) is 0 Å². The maximum Gasteiger partial charge on any atom is 0.164 e. The summed E-state index contributed by atoms with van der Waals surface area (Å²) in [7, 11) is 1.66. The number of imidazole rings is 1. The molecule has 0 fully saturated rings. The van der Waals surface area contributed by atoms with E-state index in [9.17, 15) is 0 Å². The predicted octanol–water partition coefficient (Wildman–Crippen LogP) is 7.58. The first-order valence-electron chi connectivity index (χ1n) is 10.3. The van der Waals surface area contributed by atoms with Crippen molar-refractivity contribution in [3.8, 4) is 45.5 Å². The van der Waals surface area contributed by atoms with E-state index in [0.717, 1.165) is 45.5 Å². The van der Waals surface area contributed by atoms with E-state index in [4.69, 9.17) is 32.9 Å². The van der Waals surface area contributed by atoms with Crippen LogP contribution < -0.4 is 4.74 Å². The highest BCUT2D eigenvalue weighted by molar-refractivity contribution is 6.31. The normalized spacial score (nSPS) is 10.9. The summed E-state index contributed by atoms with van der Waals surface area (Å²) in [5, 5.41) is 1.35. The van der Waals surface area contributed by atoms with E-state index in [-0.39, 0.29) is 0 Å². The number of aromatic nitrogens is 3. The molecule has 162 valence electrons. The summed E-state index contributed by atoms with van der Waals surface area (Å²) in [6, 6.07) is 29.2. The lowest BCUT2D eigenvalue weighted by atomic mass is 10.0. The minimum Gasteiger partial charge on any atom is -0.497 e. The molecule has 0 aliphatic rings. The Balaban J connectivity index is 1.85. The molecule has 6 heteroatoms. The van der Waals surface area contributed by atoms with Gasteiger partial charge in [0.15, 0.2) is 5.82 Å². The Bertz CT molecular complexity index is 1380. The number of hydrogen-bond acceptors (Lipinski definition) is 3. The van der Waals surface area contributed by atoms with Crippen molar-refractivity contribution in [3.63, 3.8) is 0 Å². The molecule has 2 aromatic heterocycles. The van der Waals surface area contributed by atoms with Crippen LogP contribution in [0.4, 0.5) is 0 Å². The van der Waals surface area contributed by atoms with E-state index in [1.165, 1.54) is 0 Å². The van der Waals surface area contributed by atoms with Gasteiger partial charge in [-0.25, -0.2) is 4.98 Å². The minimum absolute atomic E-state index is 0.673. The molecule has 0 N–H and O–H groups in total. The molecule has 4 nitrogen and oxygen atoms in total. The molecule has 0 radical (unpaired) electrons. The van der Waals surface area contributed by atoms with Crippen LogP contribution in [0.3, 0.4) is 0 Å². The Labute approximate surface area is 202 Å². The van der Waals surface area contributed by atoms with Crippen LogP contribution >= 0.6 is 23.2 Å². The van der Waals surface area contributed by atoms with Gasteiger partial charge in [-0.1, -0.05) is 53.5 Å². The number of methoxy groups -OCH3 is 1. The maximum absolute atomic E-state index is 6.20. The second-order valence-corrected chi connectivity index (χ2v) is 8.27. The molecule has 0 bridgehead atoms. The molecule has 0 atom stereocenters. The first-order chi connectivity index (χ1) is 16.1. The van der Waals surface area contributed by atoms with Gasteiger partial charge in [-0.3, -0.25) is 9.55 Å². The Morgan fingerprint density at radius 3 is 1.94 bits per heavy atom. The fourth-order valence-corrected chi connectivity index (χ4v) is 4.00. The molecule has 0 saturated carbocycles. The van der Waals surface area contributed by atoms with E-state index < -0.39 is 0 Å². The van der Waals surface area contributed by atoms with Crippen LogP contribution in [0.25, 0.3) is 39.7 Å². The van der Waals surface area contributed by atoms with Crippen molar-refractivity contribution in [2.24, 2.45) is 0 Å². The van der Waals surface area contributed by atoms with E-state index >= 15 is 0 Å². The summed E-state index contributed by atoms with van der Waals surface area (Å²) in [6.45, 7) is 0. The van der Waals surface area contributed by atoms with Gasteiger partial charge in [0, 0.05) is 33.1 Å². The van der Waals surface area contributed by atoms with Crippen molar-refractivity contribution in [3.05, 3.63) is 107 Å². The number of ether oxygens (including phenoxy) is 1. The van der Waals surface area contributed by atoms with Crippen molar-refractivity contribution >= 4 is 23.2 Å². The molecule has 0 spiro atoms. The first-order valence-corrected chi connectivity index (χ1v) is 11.1. The lowest BCUT2D eigenvalue weighted by molar-refractivity contribution is 0.415. The molecule has 0 aliphatic heterocycles. The third-order valence-corrected chi connectivity index (χ3v) is 5.84. The van der Waals surface area contributed by atoms with Crippen LogP contribution in [0, 0.1) is 0 Å². The van der Waals surface area contributed by atoms with Gasteiger partial charge in [0.25, 0.3) is 0 Å². The molecule has 0 amide bonds. The molecule has 0 unspecified atom stereocenters. The predicted molar refractivity (Wildman–Crippen MR) is 134 cm³/mol. The molecule has 5 aromatic rings. The smallest absolute Gasteiger partial charge is 0.164 e. The van der Waals surface area contributed by atoms with Gasteiger partial charge >= 0.3 is 0 Å². The molecule has 33 heavy (non-hydrogen) atoms. The highest BCUT2D eigenvalue weighted by atomic mass is 35.5. The highest BCUT2D eigenvalue weighted by Crippen LogP contribution is 2.39. The van der Waals surface area contributed by atoms with Crippen molar-refractivity contribution in [2.75, 3.05) is 7.11 Å². The summed E-state index contributed by atoms with van der Waals surface area (Å²) in [4.78, 5) is 9.68. The van der Waals surface area contributed by atoms with Crippen LogP contribution in [0.1, 0.15) is 0 Å². The van der Waals surface area contributed by atoms with E-state index in [0.29, 0.717) is 10.0 Å². The molecule has 5 rings (SSSR count). The van der Waals surface area contributed by atoms with Gasteiger partial charge < -0.3 is 4.74 Å². The molecular formula is C27H19Cl2N3O. The fourth-order valence-electron chi connectivity index (χ4n) is 3.75. The first kappa shape index (κ1) is 21.3. The second kappa shape index (κ2) is 9.10. The number of halogens is 2. The van der Waals surface area contributed by atoms with Gasteiger partial charge in [0.05, 0.1) is 18.5 Å². The number of benzene rings is 3. The standard InChI is InChI=1S/C27H19Cl2N3O/c1-33-23-15-13-22(14-16-23)32-26(19-7-11-21(29)12-8-19)25(18-5-9-20(28)10-6-18)31-27(32)24-4-2-3-17-30-24/h2-17H,1H3. The van der Waals surface area contributed by atoms with Crippen molar-refractivity contribution in [1.29, 1.82) is 0 Å². The van der Waals surface area contributed by atoms with Crippen molar-refractivity contribution < 1.29 is 4.74 Å². The lowest BCUT2D eigenvalue weighted by Gasteiger charge is -2.14. The molecule has 2 heterocycles. The zero-order valence-electron chi connectivity index (χ0n) is 17.7. The maximum atomic E-state index is 6.20. The van der Waals surface area contributed by atoms with Crippen LogP contribution in [0.15, 0.2) is 97.2 Å². The third-order valence-electron chi connectivity index (χ3n) is 5.34. The minimum atomic E-state index is 0.673. The summed E-state index contributed by atoms with van der Waals surface area (Å²) < 4.78 is 7.49. The Morgan fingerprint density at radius 1 is 0.727 bits per heavy atom. The highest BCUT2D eigenvalue weighted by Gasteiger charge is 2.23. The van der Waals surface area contributed by atoms with Crippen LogP contribution in [-0.2, 0) is 0 Å². The van der Waals surface area contributed by atoms with Gasteiger partial charge in [-0.05, 0) is 60.7 Å². The molecular weight excluding hydrogens is 453 g/mol. The fraction of sp³-hybridized carbons (Fsp3) is 0.0370. The molecule has 0 saturated heterocycles. The number of hydrogen-bond donors (Lipinski definition) is 0. The summed E-state index contributed by atoms with van der Waals surface area (Å²) in [6.07, 6.45) is 1.77. The zero-order valence-corrected chi connectivity index (χ0v) is 19.3. The molecule has 3 aromatic carbocycles. The van der Waals surface area contributed by atoms with Crippen LogP contribution in [0.5, 0.6) is 5.75 Å².